The van der Waals surface area contributed by atoms with E-state index in [1.165, 1.54) is 7.11 Å². The molecule has 0 aromatic rings. The van der Waals surface area contributed by atoms with E-state index in [9.17, 15) is 9.59 Å². The second-order valence-electron chi connectivity index (χ2n) is 3.89. The molecular formula is C11H18O3. The van der Waals surface area contributed by atoms with E-state index in [1.807, 2.05) is 0 Å². The maximum atomic E-state index is 11.7. The molecule has 0 aliphatic heterocycles. The van der Waals surface area contributed by atoms with E-state index >= 15 is 0 Å². The molecule has 0 bridgehead atoms. The van der Waals surface area contributed by atoms with Crippen LogP contribution < -0.4 is 0 Å². The molecule has 3 nitrogen and oxygen atoms in total. The molecule has 0 radical (unpaired) electrons. The highest BCUT2D eigenvalue weighted by molar-refractivity contribution is 6.01. The molecule has 0 aromatic carbocycles. The zero-order valence-corrected chi connectivity index (χ0v) is 8.91. The summed E-state index contributed by atoms with van der Waals surface area (Å²) in [5, 5.41) is 0. The molecule has 80 valence electrons. The van der Waals surface area contributed by atoms with Crippen LogP contribution in [0.1, 0.15) is 39.0 Å². The second kappa shape index (κ2) is 5.13. The van der Waals surface area contributed by atoms with Crippen molar-refractivity contribution in [1.29, 1.82) is 0 Å². The Labute approximate surface area is 84.8 Å². The molecule has 0 aromatic heterocycles. The number of ether oxygens (including phenoxy) is 1. The summed E-state index contributed by atoms with van der Waals surface area (Å²) in [5.41, 5.74) is 0. The van der Waals surface area contributed by atoms with Gasteiger partial charge in [-0.1, -0.05) is 19.8 Å². The highest BCUT2D eigenvalue weighted by Crippen LogP contribution is 2.34. The Morgan fingerprint density at radius 2 is 2.07 bits per heavy atom. The first-order valence-electron chi connectivity index (χ1n) is 5.32. The monoisotopic (exact) mass is 198 g/mol. The van der Waals surface area contributed by atoms with Crippen molar-refractivity contribution < 1.29 is 14.3 Å². The van der Waals surface area contributed by atoms with Gasteiger partial charge in [-0.3, -0.25) is 9.59 Å². The Morgan fingerprint density at radius 3 is 2.50 bits per heavy atom. The Morgan fingerprint density at radius 1 is 1.43 bits per heavy atom. The van der Waals surface area contributed by atoms with E-state index in [2.05, 4.69) is 11.7 Å². The largest absolute Gasteiger partial charge is 0.468 e. The van der Waals surface area contributed by atoms with Crippen molar-refractivity contribution in [3.05, 3.63) is 0 Å². The fourth-order valence-electron chi connectivity index (χ4n) is 1.58. The van der Waals surface area contributed by atoms with Crippen molar-refractivity contribution in [3.8, 4) is 0 Å². The predicted molar refractivity (Wildman–Crippen MR) is 52.8 cm³/mol. The van der Waals surface area contributed by atoms with E-state index in [1.54, 1.807) is 0 Å². The maximum Gasteiger partial charge on any atom is 0.316 e. The van der Waals surface area contributed by atoms with Gasteiger partial charge in [0.1, 0.15) is 11.7 Å². The maximum absolute atomic E-state index is 11.7. The van der Waals surface area contributed by atoms with Crippen LogP contribution in [-0.2, 0) is 14.3 Å². The lowest BCUT2D eigenvalue weighted by atomic mass is 9.95. The summed E-state index contributed by atoms with van der Waals surface area (Å²) in [7, 11) is 1.35. The van der Waals surface area contributed by atoms with Gasteiger partial charge in [-0.05, 0) is 19.3 Å². The third-order valence-corrected chi connectivity index (χ3v) is 2.66. The highest BCUT2D eigenvalue weighted by atomic mass is 16.5. The summed E-state index contributed by atoms with van der Waals surface area (Å²) in [6.45, 7) is 2.05. The van der Waals surface area contributed by atoms with Crippen molar-refractivity contribution in [2.45, 2.75) is 39.0 Å². The molecule has 1 aliphatic carbocycles. The average Bonchev–Trinajstić information content (AvgIpc) is 3.00. The van der Waals surface area contributed by atoms with Gasteiger partial charge in [0.15, 0.2) is 0 Å². The van der Waals surface area contributed by atoms with Crippen molar-refractivity contribution >= 4 is 11.8 Å². The molecule has 0 heterocycles. The fourth-order valence-corrected chi connectivity index (χ4v) is 1.58. The minimum Gasteiger partial charge on any atom is -0.468 e. The third-order valence-electron chi connectivity index (χ3n) is 2.66. The van der Waals surface area contributed by atoms with Crippen LogP contribution in [0.25, 0.3) is 0 Å². The van der Waals surface area contributed by atoms with E-state index in [4.69, 9.17) is 0 Å². The van der Waals surface area contributed by atoms with Gasteiger partial charge in [-0.25, -0.2) is 0 Å². The number of Topliss-reactive ketones (excluding diaryl/α,β-unsaturated/α-hetero) is 1. The van der Waals surface area contributed by atoms with Gasteiger partial charge in [0.25, 0.3) is 0 Å². The molecule has 0 amide bonds. The van der Waals surface area contributed by atoms with Crippen LogP contribution in [-0.4, -0.2) is 18.9 Å². The Bertz CT molecular complexity index is 219. The lowest BCUT2D eigenvalue weighted by Gasteiger charge is -2.12. The van der Waals surface area contributed by atoms with E-state index in [-0.39, 0.29) is 17.7 Å². The summed E-state index contributed by atoms with van der Waals surface area (Å²) in [6.07, 6.45) is 4.49. The lowest BCUT2D eigenvalue weighted by molar-refractivity contribution is -0.150. The number of ketones is 1. The summed E-state index contributed by atoms with van der Waals surface area (Å²) in [4.78, 5) is 23.1. The molecular weight excluding hydrogens is 180 g/mol. The average molecular weight is 198 g/mol. The van der Waals surface area contributed by atoms with Gasteiger partial charge in [0.05, 0.1) is 7.11 Å². The molecule has 1 unspecified atom stereocenters. The molecule has 1 rings (SSSR count). The zero-order chi connectivity index (χ0) is 10.6. The van der Waals surface area contributed by atoms with Gasteiger partial charge in [0.2, 0.25) is 0 Å². The number of carbonyl (C=O) groups excluding carboxylic acids is 2. The minimum absolute atomic E-state index is 0.102. The standard InChI is InChI=1S/C11H18O3/c1-3-4-5-9(11(13)14-2)10(12)8-6-7-8/h8-9H,3-7H2,1-2H3. The lowest BCUT2D eigenvalue weighted by Crippen LogP contribution is -2.26. The Balaban J connectivity index is 2.50. The second-order valence-corrected chi connectivity index (χ2v) is 3.89. The number of unbranched alkanes of at least 4 members (excludes halogenated alkanes) is 1. The Hall–Kier alpha value is -0.860. The first kappa shape index (κ1) is 11.2. The van der Waals surface area contributed by atoms with E-state index in [0.717, 1.165) is 25.7 Å². The minimum atomic E-state index is -0.493. The molecule has 14 heavy (non-hydrogen) atoms. The van der Waals surface area contributed by atoms with Crippen molar-refractivity contribution in [2.75, 3.05) is 7.11 Å². The van der Waals surface area contributed by atoms with Crippen LogP contribution in [0.4, 0.5) is 0 Å². The summed E-state index contributed by atoms with van der Waals surface area (Å²) in [5.74, 6) is -0.593. The van der Waals surface area contributed by atoms with Gasteiger partial charge >= 0.3 is 5.97 Å². The third kappa shape index (κ3) is 2.82. The van der Waals surface area contributed by atoms with Crippen LogP contribution >= 0.6 is 0 Å². The fraction of sp³-hybridized carbons (Fsp3) is 0.818. The summed E-state index contributed by atoms with van der Waals surface area (Å²) < 4.78 is 4.65. The normalized spacial score (nSPS) is 17.6. The molecule has 1 saturated carbocycles. The molecule has 0 spiro atoms. The first-order valence-corrected chi connectivity index (χ1v) is 5.32. The summed E-state index contributed by atoms with van der Waals surface area (Å²) >= 11 is 0. The van der Waals surface area contributed by atoms with Crippen LogP contribution in [0.5, 0.6) is 0 Å². The number of carbonyl (C=O) groups is 2. The molecule has 1 fully saturated rings. The van der Waals surface area contributed by atoms with Crippen LogP contribution in [0, 0.1) is 11.8 Å². The molecule has 0 N–H and O–H groups in total. The first-order chi connectivity index (χ1) is 6.70. The summed E-state index contributed by atoms with van der Waals surface area (Å²) in [6, 6.07) is 0. The van der Waals surface area contributed by atoms with Crippen LogP contribution in [0.3, 0.4) is 0 Å². The van der Waals surface area contributed by atoms with Crippen molar-refractivity contribution in [2.24, 2.45) is 11.8 Å². The van der Waals surface area contributed by atoms with Crippen LogP contribution in [0.15, 0.2) is 0 Å². The van der Waals surface area contributed by atoms with Gasteiger partial charge in [-0.2, -0.15) is 0 Å². The number of methoxy groups -OCH3 is 1. The topological polar surface area (TPSA) is 43.4 Å². The number of hydrogen-bond acceptors (Lipinski definition) is 3. The SMILES string of the molecule is CCCCC(C(=O)OC)C(=O)C1CC1. The molecule has 1 atom stereocenters. The van der Waals surface area contributed by atoms with E-state index in [0.29, 0.717) is 6.42 Å². The molecule has 3 heteroatoms. The zero-order valence-electron chi connectivity index (χ0n) is 8.91. The highest BCUT2D eigenvalue weighted by Gasteiger charge is 2.38. The predicted octanol–water partition coefficient (Wildman–Crippen LogP) is 1.94. The van der Waals surface area contributed by atoms with Crippen molar-refractivity contribution in [3.63, 3.8) is 0 Å². The molecule has 1 aliphatic rings. The number of rotatable bonds is 6. The number of esters is 1. The smallest absolute Gasteiger partial charge is 0.316 e. The number of hydrogen-bond donors (Lipinski definition) is 0. The van der Waals surface area contributed by atoms with Crippen molar-refractivity contribution in [1.82, 2.24) is 0 Å². The van der Waals surface area contributed by atoms with Gasteiger partial charge < -0.3 is 4.74 Å². The van der Waals surface area contributed by atoms with Gasteiger partial charge in [0, 0.05) is 5.92 Å². The molecule has 0 saturated heterocycles. The van der Waals surface area contributed by atoms with Crippen LogP contribution in [0.2, 0.25) is 0 Å². The Kier molecular flexibility index (Phi) is 4.11. The van der Waals surface area contributed by atoms with E-state index < -0.39 is 5.92 Å². The quantitative estimate of drug-likeness (QED) is 0.484. The van der Waals surface area contributed by atoms with Gasteiger partial charge in [-0.15, -0.1) is 0 Å².